The smallest absolute Gasteiger partial charge is 0.129 e. The van der Waals surface area contributed by atoms with Crippen molar-refractivity contribution in [3.63, 3.8) is 0 Å². The molecule has 0 atom stereocenters. The molecule has 2 N–H and O–H groups in total. The number of hydrogen-bond donors (Lipinski definition) is 1. The van der Waals surface area contributed by atoms with Crippen LogP contribution in [0.15, 0.2) is 42.1 Å². The molecule has 0 amide bonds. The second-order valence-electron chi connectivity index (χ2n) is 4.69. The van der Waals surface area contributed by atoms with E-state index in [-0.39, 0.29) is 0 Å². The van der Waals surface area contributed by atoms with Crippen LogP contribution in [-0.2, 0) is 11.4 Å². The predicted octanol–water partition coefficient (Wildman–Crippen LogP) is 3.35. The Morgan fingerprint density at radius 1 is 1.32 bits per heavy atom. The summed E-state index contributed by atoms with van der Waals surface area (Å²) in [5, 5.41) is 5.20. The third-order valence-corrected chi connectivity index (χ3v) is 3.76. The highest BCUT2D eigenvalue weighted by molar-refractivity contribution is 6.42. The molecule has 0 spiro atoms. The number of imidazole rings is 1. The number of benzene rings is 1. The Bertz CT molecular complexity index is 614. The van der Waals surface area contributed by atoms with Gasteiger partial charge in [0.05, 0.1) is 22.1 Å². The van der Waals surface area contributed by atoms with Crippen LogP contribution in [0.25, 0.3) is 0 Å². The maximum absolute atomic E-state index is 6.07. The number of aromatic nitrogens is 2. The highest BCUT2D eigenvalue weighted by Crippen LogP contribution is 2.23. The summed E-state index contributed by atoms with van der Waals surface area (Å²) in [5.41, 5.74) is 7.14. The predicted molar refractivity (Wildman–Crippen MR) is 89.5 cm³/mol. The molecule has 0 aliphatic rings. The summed E-state index contributed by atoms with van der Waals surface area (Å²) in [4.78, 5) is 9.25. The summed E-state index contributed by atoms with van der Waals surface area (Å²) >= 11 is 12.0. The van der Waals surface area contributed by atoms with E-state index in [1.807, 2.05) is 16.8 Å². The van der Waals surface area contributed by atoms with Crippen LogP contribution in [0.4, 0.5) is 0 Å². The number of aryl methyl sites for hydroxylation is 1. The van der Waals surface area contributed by atoms with Gasteiger partial charge < -0.3 is 15.1 Å². The van der Waals surface area contributed by atoms with Crippen molar-refractivity contribution in [2.75, 3.05) is 13.2 Å². The Kier molecular flexibility index (Phi) is 6.71. The molecule has 0 aliphatic carbocycles. The van der Waals surface area contributed by atoms with Crippen molar-refractivity contribution in [2.45, 2.75) is 19.4 Å². The lowest BCUT2D eigenvalue weighted by Crippen LogP contribution is -2.09. The average molecular weight is 341 g/mol. The summed E-state index contributed by atoms with van der Waals surface area (Å²) < 4.78 is 2.02. The van der Waals surface area contributed by atoms with Crippen molar-refractivity contribution in [1.29, 1.82) is 0 Å². The normalized spacial score (nSPS) is 11.7. The van der Waals surface area contributed by atoms with Gasteiger partial charge in [-0.15, -0.1) is 0 Å². The number of halogens is 2. The fourth-order valence-corrected chi connectivity index (χ4v) is 2.24. The third-order valence-electron chi connectivity index (χ3n) is 3.03. The van der Waals surface area contributed by atoms with Crippen molar-refractivity contribution >= 4 is 28.9 Å². The average Bonchev–Trinajstić information content (AvgIpc) is 3.02. The zero-order valence-electron chi connectivity index (χ0n) is 12.1. The maximum atomic E-state index is 6.07. The largest absolute Gasteiger partial charge is 0.394 e. The van der Waals surface area contributed by atoms with E-state index in [0.29, 0.717) is 23.2 Å². The molecule has 1 aromatic carbocycles. The molecular weight excluding hydrogens is 323 g/mol. The van der Waals surface area contributed by atoms with Gasteiger partial charge in [0.25, 0.3) is 0 Å². The lowest BCUT2D eigenvalue weighted by Gasteiger charge is -2.08. The first kappa shape index (κ1) is 16.8. The van der Waals surface area contributed by atoms with Crippen molar-refractivity contribution < 1.29 is 4.84 Å². The van der Waals surface area contributed by atoms with Gasteiger partial charge in [0.1, 0.15) is 6.61 Å². The lowest BCUT2D eigenvalue weighted by molar-refractivity contribution is 0.151. The van der Waals surface area contributed by atoms with E-state index in [9.17, 15) is 0 Å². The highest BCUT2D eigenvalue weighted by atomic mass is 35.5. The number of nitrogens with zero attached hydrogens (tertiary/aromatic N) is 3. The molecule has 2 aromatic rings. The van der Waals surface area contributed by atoms with Gasteiger partial charge in [-0.05, 0) is 25.0 Å². The minimum Gasteiger partial charge on any atom is -0.394 e. The zero-order chi connectivity index (χ0) is 15.8. The Hall–Kier alpha value is -1.56. The van der Waals surface area contributed by atoms with E-state index < -0.39 is 0 Å². The van der Waals surface area contributed by atoms with Gasteiger partial charge in [0.2, 0.25) is 0 Å². The zero-order valence-corrected chi connectivity index (χ0v) is 13.6. The van der Waals surface area contributed by atoms with E-state index in [1.165, 1.54) is 0 Å². The highest BCUT2D eigenvalue weighted by Gasteiger charge is 2.08. The molecule has 118 valence electrons. The van der Waals surface area contributed by atoms with Gasteiger partial charge >= 0.3 is 0 Å². The molecule has 2 rings (SSSR count). The molecule has 0 unspecified atom stereocenters. The number of hydrogen-bond acceptors (Lipinski definition) is 4. The monoisotopic (exact) mass is 340 g/mol. The van der Waals surface area contributed by atoms with Gasteiger partial charge in [-0.2, -0.15) is 0 Å². The Balaban J connectivity index is 2.04. The molecule has 7 heteroatoms. The number of oxime groups is 1. The summed E-state index contributed by atoms with van der Waals surface area (Å²) in [6, 6.07) is 5.44. The van der Waals surface area contributed by atoms with E-state index in [2.05, 4.69) is 10.1 Å². The fraction of sp³-hybridized carbons (Fsp3) is 0.333. The van der Waals surface area contributed by atoms with Crippen molar-refractivity contribution in [1.82, 2.24) is 9.55 Å². The van der Waals surface area contributed by atoms with Crippen LogP contribution in [0.5, 0.6) is 0 Å². The second-order valence-corrected chi connectivity index (χ2v) is 5.51. The van der Waals surface area contributed by atoms with E-state index in [0.717, 1.165) is 30.7 Å². The summed E-state index contributed by atoms with van der Waals surface area (Å²) in [6.07, 6.45) is 7.14. The molecular formula is C15H18Cl2N4O. The maximum Gasteiger partial charge on any atom is 0.129 e. The van der Waals surface area contributed by atoms with Gasteiger partial charge in [0, 0.05) is 31.0 Å². The van der Waals surface area contributed by atoms with Crippen LogP contribution in [0, 0.1) is 0 Å². The van der Waals surface area contributed by atoms with E-state index >= 15 is 0 Å². The van der Waals surface area contributed by atoms with Gasteiger partial charge in [0.15, 0.2) is 0 Å². The standard InChI is InChI=1S/C15H18Cl2N4O/c16-13-4-3-12(10-14(13)17)15(20-22-9-5-18)2-1-7-21-8-6-19-11-21/h3-4,6,8,10-11H,1-2,5,7,9,18H2. The van der Waals surface area contributed by atoms with Gasteiger partial charge in [-0.3, -0.25) is 0 Å². The van der Waals surface area contributed by atoms with Crippen LogP contribution in [0.3, 0.4) is 0 Å². The third kappa shape index (κ3) is 5.02. The summed E-state index contributed by atoms with van der Waals surface area (Å²) in [7, 11) is 0. The summed E-state index contributed by atoms with van der Waals surface area (Å²) in [6.45, 7) is 1.66. The van der Waals surface area contributed by atoms with Crippen LogP contribution >= 0.6 is 23.2 Å². The Morgan fingerprint density at radius 2 is 2.18 bits per heavy atom. The molecule has 0 fully saturated rings. The lowest BCUT2D eigenvalue weighted by atomic mass is 10.1. The van der Waals surface area contributed by atoms with Crippen LogP contribution < -0.4 is 5.73 Å². The SMILES string of the molecule is NCCON=C(CCCn1ccnc1)c1ccc(Cl)c(Cl)c1. The van der Waals surface area contributed by atoms with Crippen molar-refractivity contribution in [3.05, 3.63) is 52.5 Å². The molecule has 22 heavy (non-hydrogen) atoms. The first-order valence-corrected chi connectivity index (χ1v) is 7.76. The molecule has 0 saturated heterocycles. The minimum absolute atomic E-state index is 0.381. The van der Waals surface area contributed by atoms with Crippen molar-refractivity contribution in [3.8, 4) is 0 Å². The summed E-state index contributed by atoms with van der Waals surface area (Å²) in [5.74, 6) is 0. The molecule has 0 radical (unpaired) electrons. The van der Waals surface area contributed by atoms with Crippen LogP contribution in [0.2, 0.25) is 10.0 Å². The van der Waals surface area contributed by atoms with Gasteiger partial charge in [-0.25, -0.2) is 4.98 Å². The molecule has 1 aromatic heterocycles. The Labute approximate surface area is 139 Å². The molecule has 0 bridgehead atoms. The molecule has 0 aliphatic heterocycles. The number of nitrogens with two attached hydrogens (primary N) is 1. The van der Waals surface area contributed by atoms with Crippen LogP contribution in [0.1, 0.15) is 18.4 Å². The van der Waals surface area contributed by atoms with E-state index in [1.54, 1.807) is 24.7 Å². The molecule has 5 nitrogen and oxygen atoms in total. The topological polar surface area (TPSA) is 65.4 Å². The second kappa shape index (κ2) is 8.78. The fourth-order valence-electron chi connectivity index (χ4n) is 1.94. The van der Waals surface area contributed by atoms with E-state index in [4.69, 9.17) is 33.8 Å². The molecule has 0 saturated carbocycles. The first-order chi connectivity index (χ1) is 10.7. The van der Waals surface area contributed by atoms with Gasteiger partial charge in [-0.1, -0.05) is 34.4 Å². The first-order valence-electron chi connectivity index (χ1n) is 7.01. The number of rotatable bonds is 8. The molecule has 1 heterocycles. The van der Waals surface area contributed by atoms with Crippen molar-refractivity contribution in [2.24, 2.45) is 10.9 Å². The van der Waals surface area contributed by atoms with Crippen LogP contribution in [-0.4, -0.2) is 28.4 Å². The Morgan fingerprint density at radius 3 is 2.86 bits per heavy atom. The minimum atomic E-state index is 0.381. The quantitative estimate of drug-likeness (QED) is 0.455.